The number of urea groups is 1. The van der Waals surface area contributed by atoms with Crippen LogP contribution in [0.2, 0.25) is 0 Å². The predicted octanol–water partition coefficient (Wildman–Crippen LogP) is 7.10. The lowest BCUT2D eigenvalue weighted by Gasteiger charge is -2.32. The van der Waals surface area contributed by atoms with Crippen LogP contribution < -0.4 is 20.1 Å². The van der Waals surface area contributed by atoms with Crippen LogP contribution in [-0.4, -0.2) is 48.3 Å². The van der Waals surface area contributed by atoms with Crippen LogP contribution in [0.3, 0.4) is 0 Å². The van der Waals surface area contributed by atoms with Crippen LogP contribution >= 0.6 is 0 Å². The Labute approximate surface area is 247 Å². The van der Waals surface area contributed by atoms with E-state index in [9.17, 15) is 4.79 Å². The first kappa shape index (κ1) is 29.1. The highest BCUT2D eigenvalue weighted by molar-refractivity contribution is 6.00. The van der Waals surface area contributed by atoms with Crippen LogP contribution in [0.4, 0.5) is 16.2 Å². The van der Waals surface area contributed by atoms with E-state index in [0.29, 0.717) is 42.0 Å². The number of rotatable bonds is 9. The first-order valence-corrected chi connectivity index (χ1v) is 14.2. The number of morpholine rings is 1. The summed E-state index contributed by atoms with van der Waals surface area (Å²) in [6, 6.07) is 28.7. The summed E-state index contributed by atoms with van der Waals surface area (Å²) < 4.78 is 18.2. The fourth-order valence-electron chi connectivity index (χ4n) is 4.85. The lowest BCUT2D eigenvalue weighted by molar-refractivity contribution is -0.0504. The Kier molecular flexibility index (Phi) is 9.36. The van der Waals surface area contributed by atoms with Crippen molar-refractivity contribution in [1.82, 2.24) is 9.88 Å². The molecule has 1 atom stereocenters. The van der Waals surface area contributed by atoms with Gasteiger partial charge in [-0.15, -0.1) is 0 Å². The van der Waals surface area contributed by atoms with Crippen molar-refractivity contribution in [3.63, 3.8) is 0 Å². The topological polar surface area (TPSA) is 85.0 Å². The monoisotopic (exact) mass is 566 g/mol. The summed E-state index contributed by atoms with van der Waals surface area (Å²) in [5.74, 6) is 1.66. The van der Waals surface area contributed by atoms with Crippen molar-refractivity contribution in [2.75, 3.05) is 36.9 Å². The van der Waals surface area contributed by atoms with Gasteiger partial charge in [0.05, 0.1) is 6.61 Å². The van der Waals surface area contributed by atoms with Crippen molar-refractivity contribution < 1.29 is 19.0 Å². The second kappa shape index (κ2) is 13.5. The second-order valence-corrected chi connectivity index (χ2v) is 11.3. The number of nitrogens with one attached hydrogen (secondary N) is 2. The lowest BCUT2D eigenvalue weighted by Crippen LogP contribution is -2.44. The molecule has 0 aliphatic carbocycles. The van der Waals surface area contributed by atoms with Crippen molar-refractivity contribution in [1.29, 1.82) is 0 Å². The molecule has 8 heteroatoms. The summed E-state index contributed by atoms with van der Waals surface area (Å²) in [6.07, 6.45) is 1.60. The van der Waals surface area contributed by atoms with Gasteiger partial charge >= 0.3 is 6.03 Å². The fraction of sp³-hybridized carbons (Fsp3) is 0.294. The van der Waals surface area contributed by atoms with E-state index in [2.05, 4.69) is 65.6 Å². The third-order valence-corrected chi connectivity index (χ3v) is 6.92. The van der Waals surface area contributed by atoms with Gasteiger partial charge in [-0.1, -0.05) is 75.4 Å². The van der Waals surface area contributed by atoms with E-state index < -0.39 is 6.03 Å². The first-order valence-electron chi connectivity index (χ1n) is 14.2. The molecule has 1 saturated heterocycles. The van der Waals surface area contributed by atoms with Gasteiger partial charge in [0.1, 0.15) is 29.9 Å². The van der Waals surface area contributed by atoms with E-state index in [-0.39, 0.29) is 11.5 Å². The van der Waals surface area contributed by atoms with Crippen LogP contribution in [-0.2, 0) is 16.7 Å². The van der Waals surface area contributed by atoms with Gasteiger partial charge in [-0.05, 0) is 41.3 Å². The quantitative estimate of drug-likeness (QED) is 0.225. The van der Waals surface area contributed by atoms with Crippen LogP contribution in [0.1, 0.15) is 31.9 Å². The summed E-state index contributed by atoms with van der Waals surface area (Å²) in [6.45, 7) is 10.1. The number of pyridine rings is 1. The molecular formula is C34H38N4O4. The van der Waals surface area contributed by atoms with Crippen molar-refractivity contribution >= 4 is 17.4 Å². The number of para-hydroxylation sites is 1. The molecule has 5 rings (SSSR count). The highest BCUT2D eigenvalue weighted by Crippen LogP contribution is 2.35. The molecule has 2 amide bonds. The molecule has 0 saturated carbocycles. The average molecular weight is 567 g/mol. The zero-order chi connectivity index (χ0) is 29.4. The second-order valence-electron chi connectivity index (χ2n) is 11.3. The number of ether oxygens (including phenoxy) is 3. The van der Waals surface area contributed by atoms with Gasteiger partial charge < -0.3 is 24.8 Å². The van der Waals surface area contributed by atoms with Gasteiger partial charge in [-0.25, -0.2) is 9.78 Å². The number of carbonyl (C=O) groups excluding carboxylic acids is 1. The minimum Gasteiger partial charge on any atom is -0.491 e. The number of anilines is 2. The molecule has 3 aromatic carbocycles. The lowest BCUT2D eigenvalue weighted by atomic mass is 9.86. The Morgan fingerprint density at radius 2 is 1.79 bits per heavy atom. The van der Waals surface area contributed by atoms with Crippen molar-refractivity contribution in [3.05, 3.63) is 108 Å². The number of nitrogens with zero attached hydrogens (tertiary/aromatic N) is 2. The van der Waals surface area contributed by atoms with E-state index >= 15 is 0 Å². The Balaban J connectivity index is 1.16. The Morgan fingerprint density at radius 3 is 2.62 bits per heavy atom. The molecule has 1 aliphatic rings. The van der Waals surface area contributed by atoms with E-state index in [1.165, 1.54) is 5.56 Å². The van der Waals surface area contributed by atoms with Gasteiger partial charge in [0.2, 0.25) is 5.88 Å². The smallest absolute Gasteiger partial charge is 0.323 e. The Hall–Kier alpha value is -4.40. The minimum absolute atomic E-state index is 0.0326. The molecule has 0 spiro atoms. The average Bonchev–Trinajstić information content (AvgIpc) is 2.98. The number of benzene rings is 3. The van der Waals surface area contributed by atoms with E-state index in [1.54, 1.807) is 24.4 Å². The normalized spacial score (nSPS) is 15.5. The minimum atomic E-state index is -0.415. The molecule has 1 aromatic heterocycles. The van der Waals surface area contributed by atoms with Crippen LogP contribution in [0.15, 0.2) is 97.2 Å². The summed E-state index contributed by atoms with van der Waals surface area (Å²) in [5.41, 5.74) is 3.28. The molecule has 1 fully saturated rings. The molecule has 1 aliphatic heterocycles. The highest BCUT2D eigenvalue weighted by atomic mass is 16.5. The van der Waals surface area contributed by atoms with E-state index in [0.717, 1.165) is 25.2 Å². The van der Waals surface area contributed by atoms with Gasteiger partial charge in [0, 0.05) is 43.1 Å². The molecular weight excluding hydrogens is 528 g/mol. The molecule has 0 bridgehead atoms. The van der Waals surface area contributed by atoms with Crippen LogP contribution in [0.5, 0.6) is 17.4 Å². The Bertz CT molecular complexity index is 1470. The van der Waals surface area contributed by atoms with Gasteiger partial charge in [-0.3, -0.25) is 4.90 Å². The van der Waals surface area contributed by atoms with Crippen LogP contribution in [0, 0.1) is 0 Å². The molecule has 218 valence electrons. The molecule has 2 heterocycles. The van der Waals surface area contributed by atoms with Crippen molar-refractivity contribution in [3.8, 4) is 17.4 Å². The number of hydrogen-bond donors (Lipinski definition) is 2. The zero-order valence-electron chi connectivity index (χ0n) is 24.4. The van der Waals surface area contributed by atoms with E-state index in [1.807, 2.05) is 48.5 Å². The summed E-state index contributed by atoms with van der Waals surface area (Å²) >= 11 is 0. The molecule has 2 N–H and O–H groups in total. The van der Waals surface area contributed by atoms with Crippen LogP contribution in [0.25, 0.3) is 0 Å². The third-order valence-electron chi connectivity index (χ3n) is 6.92. The van der Waals surface area contributed by atoms with E-state index in [4.69, 9.17) is 14.2 Å². The van der Waals surface area contributed by atoms with Gasteiger partial charge in [0.25, 0.3) is 0 Å². The van der Waals surface area contributed by atoms with Crippen molar-refractivity contribution in [2.24, 2.45) is 0 Å². The zero-order valence-corrected chi connectivity index (χ0v) is 24.4. The summed E-state index contributed by atoms with van der Waals surface area (Å²) in [4.78, 5) is 19.7. The molecule has 8 nitrogen and oxygen atoms in total. The Morgan fingerprint density at radius 1 is 0.976 bits per heavy atom. The van der Waals surface area contributed by atoms with Gasteiger partial charge in [0.15, 0.2) is 0 Å². The van der Waals surface area contributed by atoms with Gasteiger partial charge in [-0.2, -0.15) is 0 Å². The summed E-state index contributed by atoms with van der Waals surface area (Å²) in [5, 5.41) is 5.74. The molecule has 42 heavy (non-hydrogen) atoms. The molecule has 0 radical (unpaired) electrons. The maximum Gasteiger partial charge on any atom is 0.323 e. The maximum atomic E-state index is 12.9. The predicted molar refractivity (Wildman–Crippen MR) is 165 cm³/mol. The first-order chi connectivity index (χ1) is 20.3. The SMILES string of the molecule is CC(C)(C)c1ccccc1Oc1ncccc1NC(=O)Nc1cccc(OCC2CN(Cc3ccccc3)CCO2)c1. The fourth-order valence-corrected chi connectivity index (χ4v) is 4.85. The number of aromatic nitrogens is 1. The highest BCUT2D eigenvalue weighted by Gasteiger charge is 2.22. The number of hydrogen-bond acceptors (Lipinski definition) is 6. The molecule has 4 aromatic rings. The largest absolute Gasteiger partial charge is 0.491 e. The number of carbonyl (C=O) groups is 1. The maximum absolute atomic E-state index is 12.9. The third kappa shape index (κ3) is 8.09. The van der Waals surface area contributed by atoms with Crippen molar-refractivity contribution in [2.45, 2.75) is 38.8 Å². The number of amides is 2. The summed E-state index contributed by atoms with van der Waals surface area (Å²) in [7, 11) is 0. The standard InChI is InChI=1S/C34H38N4O4/c1-34(2,3)29-15-7-8-17-31(29)42-32-30(16-10-18-35-32)37-33(39)36-26-13-9-14-27(21-26)41-24-28-23-38(19-20-40-28)22-25-11-5-4-6-12-25/h4-18,21,28H,19-20,22-24H2,1-3H3,(H2,36,37,39). The molecule has 1 unspecified atom stereocenters.